The first-order chi connectivity index (χ1) is 10.00. The summed E-state index contributed by atoms with van der Waals surface area (Å²) in [5.41, 5.74) is 1.77. The van der Waals surface area contributed by atoms with Crippen molar-refractivity contribution in [3.63, 3.8) is 0 Å². The highest BCUT2D eigenvalue weighted by molar-refractivity contribution is 9.10. The molecule has 0 spiro atoms. The molecule has 0 aromatic heterocycles. The maximum Gasteiger partial charge on any atom is 0.0441 e. The number of benzene rings is 2. The zero-order valence-corrected chi connectivity index (χ0v) is 10.6. The second kappa shape index (κ2) is 4.60. The van der Waals surface area contributed by atoms with Gasteiger partial charge in [-0.15, -0.1) is 0 Å². The SMILES string of the molecule is [2H]C([2H])([2H])c1ccc(-c2ccc(C([2H])([2H])[2H])c(Cl)c2)c(Br)c1. The Morgan fingerprint density at radius 2 is 2.00 bits per heavy atom. The summed E-state index contributed by atoms with van der Waals surface area (Å²) in [5.74, 6) is 0. The molecule has 0 heterocycles. The van der Waals surface area contributed by atoms with Crippen molar-refractivity contribution in [2.75, 3.05) is 0 Å². The number of aryl methyl sites for hydroxylation is 2. The molecular formula is C14H12BrCl. The number of hydrogen-bond donors (Lipinski definition) is 0. The van der Waals surface area contributed by atoms with Crippen molar-refractivity contribution in [1.82, 2.24) is 0 Å². The van der Waals surface area contributed by atoms with Gasteiger partial charge in [-0.05, 0) is 48.1 Å². The second-order valence-corrected chi connectivity index (χ2v) is 4.65. The second-order valence-electron chi connectivity index (χ2n) is 3.39. The van der Waals surface area contributed by atoms with Gasteiger partial charge in [-0.2, -0.15) is 0 Å². The molecule has 0 aliphatic heterocycles. The summed E-state index contributed by atoms with van der Waals surface area (Å²) in [7, 11) is 0. The van der Waals surface area contributed by atoms with Crippen LogP contribution in [0, 0.1) is 13.7 Å². The van der Waals surface area contributed by atoms with Crippen LogP contribution in [0.2, 0.25) is 5.02 Å². The first kappa shape index (κ1) is 6.23. The Bertz CT molecular complexity index is 705. The van der Waals surface area contributed by atoms with Crippen LogP contribution in [0.1, 0.15) is 19.4 Å². The quantitative estimate of drug-likeness (QED) is 0.663. The highest BCUT2D eigenvalue weighted by Crippen LogP contribution is 2.31. The van der Waals surface area contributed by atoms with Crippen molar-refractivity contribution >= 4 is 27.5 Å². The van der Waals surface area contributed by atoms with E-state index in [-0.39, 0.29) is 16.1 Å². The maximum absolute atomic E-state index is 7.41. The fourth-order valence-corrected chi connectivity index (χ4v) is 2.22. The number of rotatable bonds is 1. The number of hydrogen-bond acceptors (Lipinski definition) is 0. The summed E-state index contributed by atoms with van der Waals surface area (Å²) in [5, 5.41) is 0.157. The molecule has 0 bridgehead atoms. The largest absolute Gasteiger partial charge is 0.0840 e. The van der Waals surface area contributed by atoms with Crippen LogP contribution < -0.4 is 0 Å². The molecule has 0 radical (unpaired) electrons. The monoisotopic (exact) mass is 300 g/mol. The molecule has 0 nitrogen and oxygen atoms in total. The van der Waals surface area contributed by atoms with E-state index in [2.05, 4.69) is 15.9 Å². The van der Waals surface area contributed by atoms with E-state index >= 15 is 0 Å². The van der Waals surface area contributed by atoms with E-state index in [4.69, 9.17) is 19.8 Å². The van der Waals surface area contributed by atoms with E-state index in [1.807, 2.05) is 0 Å². The lowest BCUT2D eigenvalue weighted by atomic mass is 10.0. The van der Waals surface area contributed by atoms with Crippen LogP contribution in [0.4, 0.5) is 0 Å². The molecule has 0 unspecified atom stereocenters. The minimum absolute atomic E-state index is 0.0909. The molecule has 0 N–H and O–H groups in total. The fourth-order valence-electron chi connectivity index (χ4n) is 1.43. The van der Waals surface area contributed by atoms with E-state index in [9.17, 15) is 0 Å². The predicted octanol–water partition coefficient (Wildman–Crippen LogP) is 5.39. The van der Waals surface area contributed by atoms with Crippen LogP contribution in [0.3, 0.4) is 0 Å². The van der Waals surface area contributed by atoms with Crippen molar-refractivity contribution in [2.45, 2.75) is 13.7 Å². The molecule has 0 atom stereocenters. The van der Waals surface area contributed by atoms with Crippen LogP contribution in [0.5, 0.6) is 0 Å². The smallest absolute Gasteiger partial charge is 0.0441 e. The van der Waals surface area contributed by atoms with Gasteiger partial charge in [-0.25, -0.2) is 0 Å². The Kier molecular flexibility index (Phi) is 1.79. The molecule has 0 aliphatic rings. The van der Waals surface area contributed by atoms with Crippen LogP contribution in [0.15, 0.2) is 40.9 Å². The molecule has 2 heteroatoms. The van der Waals surface area contributed by atoms with Gasteiger partial charge in [0.25, 0.3) is 0 Å². The average Bonchev–Trinajstić information content (AvgIpc) is 2.35. The van der Waals surface area contributed by atoms with Crippen molar-refractivity contribution in [1.29, 1.82) is 0 Å². The zero-order chi connectivity index (χ0) is 16.7. The molecular weight excluding hydrogens is 284 g/mol. The molecule has 82 valence electrons. The normalized spacial score (nSPS) is 17.6. The highest BCUT2D eigenvalue weighted by Gasteiger charge is 2.04. The Morgan fingerprint density at radius 3 is 2.62 bits per heavy atom. The fraction of sp³-hybridized carbons (Fsp3) is 0.143. The summed E-state index contributed by atoms with van der Waals surface area (Å²) in [6, 6.07) is 9.43. The molecule has 0 saturated heterocycles. The third kappa shape index (κ3) is 2.31. The summed E-state index contributed by atoms with van der Waals surface area (Å²) in [4.78, 5) is 0. The average molecular weight is 302 g/mol. The lowest BCUT2D eigenvalue weighted by Crippen LogP contribution is -1.83. The predicted molar refractivity (Wildman–Crippen MR) is 74.1 cm³/mol. The third-order valence-corrected chi connectivity index (χ3v) is 3.22. The van der Waals surface area contributed by atoms with Crippen molar-refractivity contribution in [2.24, 2.45) is 0 Å². The molecule has 0 aliphatic carbocycles. The first-order valence-electron chi connectivity index (χ1n) is 7.60. The van der Waals surface area contributed by atoms with Crippen LogP contribution in [0.25, 0.3) is 11.1 Å². The minimum atomic E-state index is -2.27. The summed E-state index contributed by atoms with van der Waals surface area (Å²) < 4.78 is 45.0. The standard InChI is InChI=1S/C14H12BrCl/c1-9-3-6-12(13(15)7-9)11-5-4-10(2)14(16)8-11/h3-8H,1-2H3/i1D3,2D3. The van der Waals surface area contributed by atoms with E-state index < -0.39 is 13.7 Å². The Balaban J connectivity index is 2.47. The van der Waals surface area contributed by atoms with Gasteiger partial charge >= 0.3 is 0 Å². The van der Waals surface area contributed by atoms with Crippen LogP contribution in [-0.4, -0.2) is 0 Å². The minimum Gasteiger partial charge on any atom is -0.0840 e. The van der Waals surface area contributed by atoms with Gasteiger partial charge in [-0.3, -0.25) is 0 Å². The molecule has 2 aromatic rings. The lowest BCUT2D eigenvalue weighted by molar-refractivity contribution is 1.43. The highest BCUT2D eigenvalue weighted by atomic mass is 79.9. The first-order valence-corrected chi connectivity index (χ1v) is 5.77. The van der Waals surface area contributed by atoms with Gasteiger partial charge in [0.2, 0.25) is 0 Å². The van der Waals surface area contributed by atoms with Gasteiger partial charge in [0.15, 0.2) is 0 Å². The van der Waals surface area contributed by atoms with E-state index in [1.54, 1.807) is 18.2 Å². The van der Waals surface area contributed by atoms with Gasteiger partial charge < -0.3 is 0 Å². The zero-order valence-electron chi connectivity index (χ0n) is 14.2. The van der Waals surface area contributed by atoms with Crippen molar-refractivity contribution in [3.8, 4) is 11.1 Å². The Morgan fingerprint density at radius 1 is 1.12 bits per heavy atom. The Labute approximate surface area is 118 Å². The molecule has 0 fully saturated rings. The summed E-state index contributed by atoms with van der Waals surface area (Å²) in [6.07, 6.45) is 0. The lowest BCUT2D eigenvalue weighted by Gasteiger charge is -2.07. The molecule has 16 heavy (non-hydrogen) atoms. The van der Waals surface area contributed by atoms with E-state index in [0.29, 0.717) is 10.0 Å². The number of halogens is 2. The summed E-state index contributed by atoms with van der Waals surface area (Å²) in [6.45, 7) is -4.44. The summed E-state index contributed by atoms with van der Waals surface area (Å²) >= 11 is 9.41. The third-order valence-electron chi connectivity index (χ3n) is 2.25. The van der Waals surface area contributed by atoms with Gasteiger partial charge in [-0.1, -0.05) is 51.8 Å². The van der Waals surface area contributed by atoms with E-state index in [1.165, 1.54) is 18.2 Å². The molecule has 2 rings (SSSR count). The molecule has 2 aromatic carbocycles. The van der Waals surface area contributed by atoms with Gasteiger partial charge in [0.1, 0.15) is 0 Å². The Hall–Kier alpha value is -0.790. The van der Waals surface area contributed by atoms with Crippen molar-refractivity contribution < 1.29 is 8.22 Å². The molecule has 0 amide bonds. The topological polar surface area (TPSA) is 0 Å². The van der Waals surface area contributed by atoms with Crippen LogP contribution >= 0.6 is 27.5 Å². The van der Waals surface area contributed by atoms with Gasteiger partial charge in [0, 0.05) is 17.7 Å². The van der Waals surface area contributed by atoms with E-state index in [0.717, 1.165) is 5.56 Å². The maximum atomic E-state index is 7.41. The molecule has 0 saturated carbocycles. The van der Waals surface area contributed by atoms with Gasteiger partial charge in [0.05, 0.1) is 0 Å². The van der Waals surface area contributed by atoms with Crippen molar-refractivity contribution in [3.05, 3.63) is 57.0 Å². The van der Waals surface area contributed by atoms with Crippen LogP contribution in [-0.2, 0) is 0 Å².